The Balaban J connectivity index is 1.99. The first-order chi connectivity index (χ1) is 11.6. The minimum atomic E-state index is -0.238. The van der Waals surface area contributed by atoms with Crippen LogP contribution < -0.4 is 5.43 Å². The molecule has 2 aromatic carbocycles. The molecule has 0 amide bonds. The highest BCUT2D eigenvalue weighted by molar-refractivity contribution is 6.10. The maximum atomic E-state index is 8.73. The molecule has 0 atom stereocenters. The van der Waals surface area contributed by atoms with Crippen LogP contribution in [0.5, 0.6) is 0 Å². The minimum absolute atomic E-state index is 0.238. The number of benzene rings is 2. The fourth-order valence-electron chi connectivity index (χ4n) is 2.17. The van der Waals surface area contributed by atoms with Gasteiger partial charge in [-0.3, -0.25) is 5.43 Å². The standard InChI is InChI=1S/C17H13N7/c1-11-3-5-14(6-4-11)24-22-16-7-12(2)15(8-17(16)23-24)21-20-13(9-18)10-19/h3-8,21H,1-2H3. The van der Waals surface area contributed by atoms with Crippen LogP contribution in [0.4, 0.5) is 5.69 Å². The highest BCUT2D eigenvalue weighted by Crippen LogP contribution is 2.22. The van der Waals surface area contributed by atoms with Crippen molar-refractivity contribution in [3.63, 3.8) is 0 Å². The number of nitrogens with zero attached hydrogens (tertiary/aromatic N) is 6. The van der Waals surface area contributed by atoms with E-state index in [0.717, 1.165) is 16.8 Å². The molecule has 0 aliphatic rings. The molecular weight excluding hydrogens is 302 g/mol. The molecular formula is C17H13N7. The van der Waals surface area contributed by atoms with E-state index in [1.54, 1.807) is 23.0 Å². The van der Waals surface area contributed by atoms with Gasteiger partial charge < -0.3 is 0 Å². The summed E-state index contributed by atoms with van der Waals surface area (Å²) in [6, 6.07) is 15.0. The van der Waals surface area contributed by atoms with Crippen molar-refractivity contribution in [1.82, 2.24) is 15.0 Å². The SMILES string of the molecule is Cc1ccc(-n2nc3cc(C)c(NN=C(C#N)C#N)cc3n2)cc1. The fraction of sp³-hybridized carbons (Fsp3) is 0.118. The lowest BCUT2D eigenvalue weighted by molar-refractivity contribution is 0.765. The number of nitrogens with one attached hydrogen (secondary N) is 1. The molecule has 0 fully saturated rings. The van der Waals surface area contributed by atoms with Crippen molar-refractivity contribution >= 4 is 22.4 Å². The molecule has 0 saturated carbocycles. The summed E-state index contributed by atoms with van der Waals surface area (Å²) in [4.78, 5) is 1.58. The van der Waals surface area contributed by atoms with Gasteiger partial charge in [-0.2, -0.15) is 20.4 Å². The van der Waals surface area contributed by atoms with E-state index >= 15 is 0 Å². The first-order valence-electron chi connectivity index (χ1n) is 7.19. The summed E-state index contributed by atoms with van der Waals surface area (Å²) in [5.74, 6) is 0. The van der Waals surface area contributed by atoms with Crippen LogP contribution in [0.25, 0.3) is 16.7 Å². The average molecular weight is 315 g/mol. The van der Waals surface area contributed by atoms with Gasteiger partial charge in [-0.05, 0) is 43.7 Å². The van der Waals surface area contributed by atoms with E-state index in [9.17, 15) is 0 Å². The lowest BCUT2D eigenvalue weighted by atomic mass is 10.2. The number of anilines is 1. The number of nitriles is 2. The van der Waals surface area contributed by atoms with Gasteiger partial charge in [-0.1, -0.05) is 17.7 Å². The lowest BCUT2D eigenvalue weighted by Gasteiger charge is -2.03. The van der Waals surface area contributed by atoms with Gasteiger partial charge in [0.15, 0.2) is 0 Å². The van der Waals surface area contributed by atoms with Crippen LogP contribution in [0.15, 0.2) is 41.5 Å². The van der Waals surface area contributed by atoms with E-state index in [1.165, 1.54) is 5.56 Å². The molecule has 7 nitrogen and oxygen atoms in total. The zero-order chi connectivity index (χ0) is 17.1. The van der Waals surface area contributed by atoms with Crippen LogP contribution in [-0.4, -0.2) is 20.7 Å². The maximum absolute atomic E-state index is 8.73. The molecule has 24 heavy (non-hydrogen) atoms. The van der Waals surface area contributed by atoms with Crippen molar-refractivity contribution < 1.29 is 0 Å². The number of fused-ring (bicyclic) bond motifs is 1. The van der Waals surface area contributed by atoms with Crippen molar-refractivity contribution in [3.8, 4) is 17.8 Å². The molecule has 0 spiro atoms. The minimum Gasteiger partial charge on any atom is -0.276 e. The van der Waals surface area contributed by atoms with E-state index in [2.05, 4.69) is 20.7 Å². The molecule has 0 aliphatic heterocycles. The summed E-state index contributed by atoms with van der Waals surface area (Å²) >= 11 is 0. The van der Waals surface area contributed by atoms with Crippen molar-refractivity contribution in [2.75, 3.05) is 5.43 Å². The van der Waals surface area contributed by atoms with E-state index in [4.69, 9.17) is 10.5 Å². The number of hydrazone groups is 1. The topological polar surface area (TPSA) is 103 Å². The summed E-state index contributed by atoms with van der Waals surface area (Å²) in [7, 11) is 0. The van der Waals surface area contributed by atoms with Crippen LogP contribution in [0.1, 0.15) is 11.1 Å². The molecule has 0 bridgehead atoms. The fourth-order valence-corrected chi connectivity index (χ4v) is 2.17. The number of rotatable bonds is 3. The van der Waals surface area contributed by atoms with Gasteiger partial charge >= 0.3 is 0 Å². The third-order valence-electron chi connectivity index (χ3n) is 3.49. The van der Waals surface area contributed by atoms with Gasteiger partial charge in [0.25, 0.3) is 0 Å². The summed E-state index contributed by atoms with van der Waals surface area (Å²) in [6.07, 6.45) is 0. The summed E-state index contributed by atoms with van der Waals surface area (Å²) in [5.41, 5.74) is 7.53. The number of hydrogen-bond donors (Lipinski definition) is 1. The molecule has 0 aliphatic carbocycles. The third kappa shape index (κ3) is 2.92. The third-order valence-corrected chi connectivity index (χ3v) is 3.49. The van der Waals surface area contributed by atoms with Crippen LogP contribution in [0, 0.1) is 36.5 Å². The Kier molecular flexibility index (Phi) is 3.92. The van der Waals surface area contributed by atoms with Crippen LogP contribution in [0.3, 0.4) is 0 Å². The van der Waals surface area contributed by atoms with Crippen molar-refractivity contribution in [3.05, 3.63) is 47.5 Å². The molecule has 1 N–H and O–H groups in total. The zero-order valence-corrected chi connectivity index (χ0v) is 13.1. The number of aromatic nitrogens is 3. The van der Waals surface area contributed by atoms with Gasteiger partial charge in [0.2, 0.25) is 5.71 Å². The van der Waals surface area contributed by atoms with Gasteiger partial charge in [-0.25, -0.2) is 0 Å². The molecule has 0 radical (unpaired) electrons. The molecule has 0 unspecified atom stereocenters. The highest BCUT2D eigenvalue weighted by Gasteiger charge is 2.08. The molecule has 3 aromatic rings. The largest absolute Gasteiger partial charge is 0.276 e. The van der Waals surface area contributed by atoms with Gasteiger partial charge in [0, 0.05) is 0 Å². The second-order valence-corrected chi connectivity index (χ2v) is 5.28. The molecule has 7 heteroatoms. The van der Waals surface area contributed by atoms with Crippen molar-refractivity contribution in [1.29, 1.82) is 10.5 Å². The lowest BCUT2D eigenvalue weighted by Crippen LogP contribution is -1.98. The zero-order valence-electron chi connectivity index (χ0n) is 13.1. The first kappa shape index (κ1) is 15.2. The second-order valence-electron chi connectivity index (χ2n) is 5.28. The molecule has 1 heterocycles. The van der Waals surface area contributed by atoms with Crippen molar-refractivity contribution in [2.24, 2.45) is 5.10 Å². The van der Waals surface area contributed by atoms with Crippen LogP contribution >= 0.6 is 0 Å². The second kappa shape index (κ2) is 6.19. The predicted octanol–water partition coefficient (Wildman–Crippen LogP) is 2.85. The number of hydrogen-bond acceptors (Lipinski definition) is 6. The van der Waals surface area contributed by atoms with Gasteiger partial charge in [0.1, 0.15) is 23.2 Å². The summed E-state index contributed by atoms with van der Waals surface area (Å²) < 4.78 is 0. The highest BCUT2D eigenvalue weighted by atomic mass is 15.5. The Labute approximate surface area is 138 Å². The molecule has 1 aromatic heterocycles. The van der Waals surface area contributed by atoms with E-state index in [0.29, 0.717) is 11.2 Å². The van der Waals surface area contributed by atoms with Crippen LogP contribution in [0.2, 0.25) is 0 Å². The Morgan fingerprint density at radius 2 is 1.67 bits per heavy atom. The van der Waals surface area contributed by atoms with E-state index in [-0.39, 0.29) is 5.71 Å². The molecule has 116 valence electrons. The maximum Gasteiger partial charge on any atom is 0.237 e. The Morgan fingerprint density at radius 3 is 2.29 bits per heavy atom. The van der Waals surface area contributed by atoms with Crippen molar-refractivity contribution in [2.45, 2.75) is 13.8 Å². The quantitative estimate of drug-likeness (QED) is 0.591. The number of aryl methyl sites for hydroxylation is 2. The van der Waals surface area contributed by atoms with Crippen LogP contribution in [-0.2, 0) is 0 Å². The van der Waals surface area contributed by atoms with E-state index < -0.39 is 0 Å². The monoisotopic (exact) mass is 315 g/mol. The first-order valence-corrected chi connectivity index (χ1v) is 7.19. The molecule has 0 saturated heterocycles. The van der Waals surface area contributed by atoms with Gasteiger partial charge in [0.05, 0.1) is 11.4 Å². The summed E-state index contributed by atoms with van der Waals surface area (Å²) in [5, 5.41) is 30.2. The Bertz CT molecular complexity index is 998. The normalized spacial score (nSPS) is 10.0. The predicted molar refractivity (Wildman–Crippen MR) is 90.6 cm³/mol. The Hall–Kier alpha value is -3.71. The smallest absolute Gasteiger partial charge is 0.237 e. The Morgan fingerprint density at radius 1 is 1.04 bits per heavy atom. The van der Waals surface area contributed by atoms with E-state index in [1.807, 2.05) is 44.2 Å². The van der Waals surface area contributed by atoms with Gasteiger partial charge in [-0.15, -0.1) is 10.2 Å². The average Bonchev–Trinajstić information content (AvgIpc) is 2.99. The molecule has 3 rings (SSSR count). The summed E-state index contributed by atoms with van der Waals surface area (Å²) in [6.45, 7) is 3.91.